The minimum atomic E-state index is -3.33. The van der Waals surface area contributed by atoms with Gasteiger partial charge in [0, 0.05) is 39.4 Å². The smallest absolute Gasteiger partial charge is 0.213 e. The van der Waals surface area contributed by atoms with Crippen LogP contribution in [0.1, 0.15) is 64.7 Å². The van der Waals surface area contributed by atoms with Crippen LogP contribution in [0.4, 0.5) is 0 Å². The number of nitrogens with one attached hydrogen (secondary N) is 3. The Bertz CT molecular complexity index is 559. The third-order valence-corrected chi connectivity index (χ3v) is 6.64. The number of aliphatic imine (C=N–C) groups is 1. The van der Waals surface area contributed by atoms with Crippen molar-refractivity contribution in [2.75, 3.05) is 45.1 Å². The van der Waals surface area contributed by atoms with E-state index in [0.717, 1.165) is 45.4 Å². The van der Waals surface area contributed by atoms with Crippen molar-refractivity contribution in [3.8, 4) is 0 Å². The van der Waals surface area contributed by atoms with Crippen molar-refractivity contribution in [3.63, 3.8) is 0 Å². The van der Waals surface area contributed by atoms with Gasteiger partial charge in [-0.1, -0.05) is 19.3 Å². The molecule has 1 atom stereocenters. The molecule has 1 saturated heterocycles. The molecule has 0 aromatic heterocycles. The van der Waals surface area contributed by atoms with Gasteiger partial charge in [-0.25, -0.2) is 13.1 Å². The lowest BCUT2D eigenvalue weighted by Gasteiger charge is -2.22. The fourth-order valence-corrected chi connectivity index (χ4v) is 4.60. The summed E-state index contributed by atoms with van der Waals surface area (Å²) in [6.45, 7) is 5.51. The maximum atomic E-state index is 12.2. The number of hydrogen-bond donors (Lipinski definition) is 3. The van der Waals surface area contributed by atoms with Crippen LogP contribution in [-0.4, -0.2) is 71.7 Å². The van der Waals surface area contributed by atoms with Crippen LogP contribution in [0.15, 0.2) is 4.99 Å². The number of hydrogen-bond acceptors (Lipinski definition) is 5. The van der Waals surface area contributed by atoms with Crippen LogP contribution in [0.3, 0.4) is 0 Å². The van der Waals surface area contributed by atoms with Gasteiger partial charge in [-0.3, -0.25) is 4.99 Å². The molecule has 1 aliphatic carbocycles. The van der Waals surface area contributed by atoms with Crippen molar-refractivity contribution in [1.29, 1.82) is 0 Å². The zero-order valence-electron chi connectivity index (χ0n) is 18.0. The first-order valence-electron chi connectivity index (χ1n) is 11.3. The van der Waals surface area contributed by atoms with Crippen molar-refractivity contribution in [1.82, 2.24) is 15.4 Å². The zero-order chi connectivity index (χ0) is 20.8. The number of rotatable bonds is 12. The van der Waals surface area contributed by atoms with Crippen LogP contribution in [0.5, 0.6) is 0 Å². The van der Waals surface area contributed by atoms with E-state index in [4.69, 9.17) is 9.47 Å². The lowest BCUT2D eigenvalue weighted by molar-refractivity contribution is 0.0200. The first kappa shape index (κ1) is 24.4. The second kappa shape index (κ2) is 14.2. The van der Waals surface area contributed by atoms with Crippen molar-refractivity contribution < 1.29 is 17.9 Å². The lowest BCUT2D eigenvalue weighted by Crippen LogP contribution is -2.42. The predicted octanol–water partition coefficient (Wildman–Crippen LogP) is 1.77. The van der Waals surface area contributed by atoms with Gasteiger partial charge in [0.2, 0.25) is 10.0 Å². The van der Waals surface area contributed by atoms with Gasteiger partial charge in [0.15, 0.2) is 5.96 Å². The molecule has 1 heterocycles. The number of ether oxygens (including phenoxy) is 2. The first-order valence-corrected chi connectivity index (χ1v) is 13.0. The Balaban J connectivity index is 1.60. The molecule has 3 N–H and O–H groups in total. The SMILES string of the molecule is CCNC(=NCCCOC1CCCCC1)NCCS(=O)(=O)NCC1CCCCO1. The highest BCUT2D eigenvalue weighted by Crippen LogP contribution is 2.20. The summed E-state index contributed by atoms with van der Waals surface area (Å²) in [5.41, 5.74) is 0. The normalized spacial score (nSPS) is 21.8. The van der Waals surface area contributed by atoms with E-state index in [0.29, 0.717) is 31.7 Å². The molecular weight excluding hydrogens is 392 g/mol. The molecule has 0 spiro atoms. The summed E-state index contributed by atoms with van der Waals surface area (Å²) >= 11 is 0. The van der Waals surface area contributed by atoms with E-state index in [9.17, 15) is 8.42 Å². The molecule has 0 amide bonds. The van der Waals surface area contributed by atoms with E-state index in [1.165, 1.54) is 32.1 Å². The molecule has 1 saturated carbocycles. The van der Waals surface area contributed by atoms with Crippen LogP contribution in [0.2, 0.25) is 0 Å². The largest absolute Gasteiger partial charge is 0.378 e. The van der Waals surface area contributed by atoms with Gasteiger partial charge in [-0.2, -0.15) is 0 Å². The Morgan fingerprint density at radius 3 is 2.62 bits per heavy atom. The average Bonchev–Trinajstić information content (AvgIpc) is 2.73. The van der Waals surface area contributed by atoms with E-state index in [1.807, 2.05) is 6.92 Å². The fraction of sp³-hybridized carbons (Fsp3) is 0.950. The second-order valence-electron chi connectivity index (χ2n) is 7.83. The molecule has 29 heavy (non-hydrogen) atoms. The summed E-state index contributed by atoms with van der Waals surface area (Å²) in [5.74, 6) is 0.658. The van der Waals surface area contributed by atoms with Crippen LogP contribution < -0.4 is 15.4 Å². The molecule has 0 radical (unpaired) electrons. The molecule has 9 heteroatoms. The highest BCUT2D eigenvalue weighted by molar-refractivity contribution is 7.89. The average molecular weight is 433 g/mol. The van der Waals surface area contributed by atoms with Crippen molar-refractivity contribution in [3.05, 3.63) is 0 Å². The van der Waals surface area contributed by atoms with Gasteiger partial charge in [0.1, 0.15) is 0 Å². The van der Waals surface area contributed by atoms with Gasteiger partial charge in [0.25, 0.3) is 0 Å². The van der Waals surface area contributed by atoms with Gasteiger partial charge in [0.05, 0.1) is 18.0 Å². The van der Waals surface area contributed by atoms with E-state index in [1.54, 1.807) is 0 Å². The maximum absolute atomic E-state index is 12.2. The molecule has 0 bridgehead atoms. The minimum absolute atomic E-state index is 0.00111. The summed E-state index contributed by atoms with van der Waals surface area (Å²) in [7, 11) is -3.33. The second-order valence-corrected chi connectivity index (χ2v) is 9.75. The molecule has 0 aromatic carbocycles. The fourth-order valence-electron chi connectivity index (χ4n) is 3.64. The molecule has 2 fully saturated rings. The summed E-state index contributed by atoms with van der Waals surface area (Å²) in [6, 6.07) is 0. The monoisotopic (exact) mass is 432 g/mol. The third kappa shape index (κ3) is 11.2. The standard InChI is InChI=1S/C20H40N4O4S/c1-2-21-20(22-12-8-15-27-18-9-4-3-5-10-18)23-13-16-29(25,26)24-17-19-11-6-7-14-28-19/h18-19,24H,2-17H2,1H3,(H2,21,22,23). The van der Waals surface area contributed by atoms with Gasteiger partial charge < -0.3 is 20.1 Å². The molecule has 0 aromatic rings. The van der Waals surface area contributed by atoms with Crippen molar-refractivity contribution in [2.45, 2.75) is 76.9 Å². The van der Waals surface area contributed by atoms with E-state index in [2.05, 4.69) is 20.3 Å². The van der Waals surface area contributed by atoms with E-state index < -0.39 is 10.0 Å². The van der Waals surface area contributed by atoms with Crippen LogP contribution in [0, 0.1) is 0 Å². The summed E-state index contributed by atoms with van der Waals surface area (Å²) in [5, 5.41) is 6.26. The van der Waals surface area contributed by atoms with Crippen LogP contribution >= 0.6 is 0 Å². The summed E-state index contributed by atoms with van der Waals surface area (Å²) < 4.78 is 38.5. The number of nitrogens with zero attached hydrogens (tertiary/aromatic N) is 1. The Labute approximate surface area is 176 Å². The molecule has 2 rings (SSSR count). The first-order chi connectivity index (χ1) is 14.1. The highest BCUT2D eigenvalue weighted by atomic mass is 32.2. The van der Waals surface area contributed by atoms with E-state index >= 15 is 0 Å². The maximum Gasteiger partial charge on any atom is 0.213 e. The molecular formula is C20H40N4O4S. The van der Waals surface area contributed by atoms with Gasteiger partial charge in [-0.15, -0.1) is 0 Å². The van der Waals surface area contributed by atoms with Crippen LogP contribution in [0.25, 0.3) is 0 Å². The lowest BCUT2D eigenvalue weighted by atomic mass is 9.98. The van der Waals surface area contributed by atoms with E-state index in [-0.39, 0.29) is 11.9 Å². The minimum Gasteiger partial charge on any atom is -0.378 e. The van der Waals surface area contributed by atoms with Crippen molar-refractivity contribution >= 4 is 16.0 Å². The van der Waals surface area contributed by atoms with Crippen molar-refractivity contribution in [2.24, 2.45) is 4.99 Å². The quantitative estimate of drug-likeness (QED) is 0.247. The van der Waals surface area contributed by atoms with Crippen LogP contribution in [-0.2, 0) is 19.5 Å². The Morgan fingerprint density at radius 2 is 1.90 bits per heavy atom. The van der Waals surface area contributed by atoms with Gasteiger partial charge in [-0.05, 0) is 45.4 Å². The summed E-state index contributed by atoms with van der Waals surface area (Å²) in [4.78, 5) is 4.51. The molecule has 1 aliphatic heterocycles. The molecule has 2 aliphatic rings. The topological polar surface area (TPSA) is 101 Å². The van der Waals surface area contributed by atoms with Gasteiger partial charge >= 0.3 is 0 Å². The molecule has 1 unspecified atom stereocenters. The number of guanidine groups is 1. The number of sulfonamides is 1. The Morgan fingerprint density at radius 1 is 1.10 bits per heavy atom. The Hall–Kier alpha value is -0.900. The third-order valence-electron chi connectivity index (χ3n) is 5.29. The Kier molecular flexibility index (Phi) is 11.9. The molecule has 170 valence electrons. The predicted molar refractivity (Wildman–Crippen MR) is 117 cm³/mol. The molecule has 8 nitrogen and oxygen atoms in total. The zero-order valence-corrected chi connectivity index (χ0v) is 18.8. The summed E-state index contributed by atoms with van der Waals surface area (Å²) in [6.07, 6.45) is 10.6. The highest BCUT2D eigenvalue weighted by Gasteiger charge is 2.17.